The number of hydrogen-bond donors (Lipinski definition) is 0. The summed E-state index contributed by atoms with van der Waals surface area (Å²) in [5.41, 5.74) is 0. The standard InChI is InChI=1S/C21H20BrP/c1-2-18-23(22,19-12-6-3-7-13-19,20-14-8-4-9-15-20)21-16-10-5-11-17-21/h2-18H,1H3. The zero-order chi connectivity index (χ0) is 16.2. The van der Waals surface area contributed by atoms with Gasteiger partial charge in [-0.1, -0.05) is 0 Å². The van der Waals surface area contributed by atoms with Gasteiger partial charge in [0.2, 0.25) is 0 Å². The van der Waals surface area contributed by atoms with Crippen LogP contribution in [0.4, 0.5) is 0 Å². The second-order valence-electron chi connectivity index (χ2n) is 5.56. The average Bonchev–Trinajstić information content (AvgIpc) is 2.64. The number of benzene rings is 3. The van der Waals surface area contributed by atoms with Crippen LogP contribution in [0.2, 0.25) is 0 Å². The Balaban J connectivity index is 2.46. The summed E-state index contributed by atoms with van der Waals surface area (Å²) in [6.45, 7) is 2.09. The maximum atomic E-state index is 4.32. The monoisotopic (exact) mass is 382 g/mol. The predicted molar refractivity (Wildman–Crippen MR) is 109 cm³/mol. The number of rotatable bonds is 4. The summed E-state index contributed by atoms with van der Waals surface area (Å²) in [6.07, 6.45) is 2.17. The van der Waals surface area contributed by atoms with E-state index in [2.05, 4.69) is 125 Å². The van der Waals surface area contributed by atoms with Crippen LogP contribution < -0.4 is 15.9 Å². The molecule has 0 unspecified atom stereocenters. The van der Waals surface area contributed by atoms with E-state index in [1.165, 1.54) is 15.9 Å². The molecule has 0 heterocycles. The normalized spacial score (nSPS) is 13.6. The van der Waals surface area contributed by atoms with Crippen LogP contribution in [0.15, 0.2) is 103 Å². The first-order valence-electron chi connectivity index (χ1n) is 7.74. The third kappa shape index (κ3) is 2.59. The second-order valence-corrected chi connectivity index (χ2v) is 14.0. The molecule has 23 heavy (non-hydrogen) atoms. The average molecular weight is 383 g/mol. The van der Waals surface area contributed by atoms with Crippen molar-refractivity contribution in [1.29, 1.82) is 0 Å². The van der Waals surface area contributed by atoms with E-state index in [0.717, 1.165) is 0 Å². The van der Waals surface area contributed by atoms with Gasteiger partial charge in [0, 0.05) is 0 Å². The van der Waals surface area contributed by atoms with Crippen LogP contribution in [-0.2, 0) is 0 Å². The molecule has 3 rings (SSSR count). The van der Waals surface area contributed by atoms with E-state index in [-0.39, 0.29) is 0 Å². The fourth-order valence-corrected chi connectivity index (χ4v) is 10.2. The second kappa shape index (κ2) is 6.43. The van der Waals surface area contributed by atoms with E-state index < -0.39 is 5.31 Å². The van der Waals surface area contributed by atoms with Crippen molar-refractivity contribution in [3.8, 4) is 0 Å². The first-order chi connectivity index (χ1) is 11.2. The summed E-state index contributed by atoms with van der Waals surface area (Å²) in [7, 11) is 0. The zero-order valence-corrected chi connectivity index (χ0v) is 15.6. The van der Waals surface area contributed by atoms with Crippen molar-refractivity contribution in [3.05, 3.63) is 103 Å². The third-order valence-electron chi connectivity index (χ3n) is 4.21. The maximum absolute atomic E-state index is 4.32. The molecule has 0 radical (unpaired) electrons. The van der Waals surface area contributed by atoms with Crippen LogP contribution in [0, 0.1) is 0 Å². The summed E-state index contributed by atoms with van der Waals surface area (Å²) in [5, 5.41) is 1.14. The summed E-state index contributed by atoms with van der Waals surface area (Å²) in [4.78, 5) is 0. The summed E-state index contributed by atoms with van der Waals surface area (Å²) < 4.78 is 0. The molecule has 0 amide bonds. The van der Waals surface area contributed by atoms with Crippen molar-refractivity contribution in [2.24, 2.45) is 0 Å². The quantitative estimate of drug-likeness (QED) is 0.532. The molecular weight excluding hydrogens is 363 g/mol. The van der Waals surface area contributed by atoms with E-state index in [1.807, 2.05) is 0 Å². The summed E-state index contributed by atoms with van der Waals surface area (Å²) in [5.74, 6) is 2.37. The molecule has 0 atom stereocenters. The van der Waals surface area contributed by atoms with Crippen LogP contribution in [0.25, 0.3) is 0 Å². The zero-order valence-electron chi connectivity index (χ0n) is 13.1. The van der Waals surface area contributed by atoms with Gasteiger partial charge in [0.15, 0.2) is 0 Å². The molecule has 0 N–H and O–H groups in total. The number of hydrogen-bond acceptors (Lipinski definition) is 0. The van der Waals surface area contributed by atoms with Crippen LogP contribution in [0.5, 0.6) is 0 Å². The van der Waals surface area contributed by atoms with E-state index in [0.29, 0.717) is 0 Å². The Hall–Kier alpha value is -1.69. The molecule has 0 saturated heterocycles. The Morgan fingerprint density at radius 1 is 0.609 bits per heavy atom. The molecule has 0 aromatic heterocycles. The minimum absolute atomic E-state index is 1.31. The van der Waals surface area contributed by atoms with Crippen molar-refractivity contribution in [3.63, 3.8) is 0 Å². The molecule has 0 spiro atoms. The van der Waals surface area contributed by atoms with Crippen molar-refractivity contribution in [2.45, 2.75) is 6.92 Å². The van der Waals surface area contributed by atoms with Gasteiger partial charge in [-0.25, -0.2) is 0 Å². The van der Waals surface area contributed by atoms with Gasteiger partial charge in [-0.15, -0.1) is 0 Å². The molecule has 0 nitrogen and oxygen atoms in total. The Kier molecular flexibility index (Phi) is 4.53. The molecule has 0 aliphatic carbocycles. The topological polar surface area (TPSA) is 0 Å². The van der Waals surface area contributed by atoms with Crippen LogP contribution in [0.1, 0.15) is 6.92 Å². The number of allylic oxidation sites excluding steroid dienone is 1. The SMILES string of the molecule is CC=CP(Br)(c1ccccc1)(c1ccccc1)c1ccccc1. The Morgan fingerprint density at radius 2 is 0.913 bits per heavy atom. The van der Waals surface area contributed by atoms with Crippen LogP contribution in [-0.4, -0.2) is 0 Å². The molecule has 0 fully saturated rings. The van der Waals surface area contributed by atoms with E-state index in [4.69, 9.17) is 0 Å². The van der Waals surface area contributed by atoms with Crippen LogP contribution in [0.3, 0.4) is 0 Å². The Bertz CT molecular complexity index is 696. The van der Waals surface area contributed by atoms with Gasteiger partial charge in [-0.05, 0) is 0 Å². The fraction of sp³-hybridized carbons (Fsp3) is 0.0476. The summed E-state index contributed by atoms with van der Waals surface area (Å²) in [6, 6.07) is 32.3. The fourth-order valence-electron chi connectivity index (χ4n) is 3.14. The van der Waals surface area contributed by atoms with E-state index in [9.17, 15) is 0 Å². The van der Waals surface area contributed by atoms with Gasteiger partial charge >= 0.3 is 147 Å². The molecule has 3 aromatic rings. The molecule has 116 valence electrons. The molecule has 0 saturated carbocycles. The van der Waals surface area contributed by atoms with Gasteiger partial charge in [-0.2, -0.15) is 0 Å². The van der Waals surface area contributed by atoms with Gasteiger partial charge in [0.05, 0.1) is 0 Å². The molecule has 0 bridgehead atoms. The predicted octanol–water partition coefficient (Wildman–Crippen LogP) is 5.36. The van der Waals surface area contributed by atoms with E-state index >= 15 is 0 Å². The first-order valence-corrected chi connectivity index (χ1v) is 12.1. The number of halogens is 1. The van der Waals surface area contributed by atoms with Gasteiger partial charge in [0.25, 0.3) is 0 Å². The van der Waals surface area contributed by atoms with Crippen LogP contribution >= 0.6 is 20.8 Å². The van der Waals surface area contributed by atoms with Gasteiger partial charge in [-0.3, -0.25) is 0 Å². The van der Waals surface area contributed by atoms with Crippen molar-refractivity contribution >= 4 is 36.7 Å². The van der Waals surface area contributed by atoms with Gasteiger partial charge < -0.3 is 0 Å². The third-order valence-corrected chi connectivity index (χ3v) is 13.4. The molecule has 2 heteroatoms. The molecule has 0 aliphatic heterocycles. The molecule has 3 aromatic carbocycles. The van der Waals surface area contributed by atoms with Crippen molar-refractivity contribution in [1.82, 2.24) is 0 Å². The summed E-state index contributed by atoms with van der Waals surface area (Å²) >= 11 is 4.32. The van der Waals surface area contributed by atoms with Gasteiger partial charge in [0.1, 0.15) is 0 Å². The van der Waals surface area contributed by atoms with E-state index in [1.54, 1.807) is 0 Å². The first kappa shape index (κ1) is 16.2. The Labute approximate surface area is 146 Å². The Morgan fingerprint density at radius 3 is 1.17 bits per heavy atom. The molecular formula is C21H20BrP. The molecule has 0 aliphatic rings. The van der Waals surface area contributed by atoms with Crippen molar-refractivity contribution in [2.75, 3.05) is 0 Å². The van der Waals surface area contributed by atoms with Crippen molar-refractivity contribution < 1.29 is 0 Å². The minimum atomic E-state index is -2.80.